The van der Waals surface area contributed by atoms with Gasteiger partial charge < -0.3 is 0 Å². The fourth-order valence-corrected chi connectivity index (χ4v) is 7.03. The van der Waals surface area contributed by atoms with Gasteiger partial charge in [-0.05, 0) is 44.0 Å². The molecule has 3 rings (SSSR count). The first-order valence-corrected chi connectivity index (χ1v) is 11.0. The molecule has 6 heteroatoms. The number of sulfonamides is 1. The maximum Gasteiger partial charge on any atom is 0.244 e. The van der Waals surface area contributed by atoms with Crippen LogP contribution in [0.4, 0.5) is 0 Å². The molecule has 4 atom stereocenters. The van der Waals surface area contributed by atoms with E-state index in [1.807, 2.05) is 52.0 Å². The van der Waals surface area contributed by atoms with Gasteiger partial charge in [-0.2, -0.15) is 4.31 Å². The lowest BCUT2D eigenvalue weighted by Gasteiger charge is -2.08. The van der Waals surface area contributed by atoms with E-state index in [0.29, 0.717) is 4.90 Å². The zero-order chi connectivity index (χ0) is 18.4. The molecule has 134 valence electrons. The Bertz CT molecular complexity index is 887. The lowest BCUT2D eigenvalue weighted by molar-refractivity contribution is 0.518. The summed E-state index contributed by atoms with van der Waals surface area (Å²) >= 11 is 0. The number of rotatable bonds is 5. The Morgan fingerprint density at radius 3 is 1.88 bits per heavy atom. The average Bonchev–Trinajstić information content (AvgIpc) is 3.32. The summed E-state index contributed by atoms with van der Waals surface area (Å²) in [6, 6.07) is 14.0. The molecule has 2 aromatic rings. The van der Waals surface area contributed by atoms with Crippen LogP contribution in [0, 0.1) is 19.8 Å². The van der Waals surface area contributed by atoms with Gasteiger partial charge in [-0.15, -0.1) is 0 Å². The van der Waals surface area contributed by atoms with Crippen LogP contribution in [-0.2, 0) is 20.8 Å². The van der Waals surface area contributed by atoms with Crippen LogP contribution in [0.3, 0.4) is 0 Å². The third kappa shape index (κ3) is 3.43. The molecule has 2 unspecified atom stereocenters. The first kappa shape index (κ1) is 18.3. The van der Waals surface area contributed by atoms with Gasteiger partial charge in [-0.1, -0.05) is 49.2 Å². The van der Waals surface area contributed by atoms with Crippen LogP contribution in [0.2, 0.25) is 0 Å². The fraction of sp³-hybridized carbons (Fsp3) is 0.368. The predicted octanol–water partition coefficient (Wildman–Crippen LogP) is 3.47. The van der Waals surface area contributed by atoms with Crippen molar-refractivity contribution in [2.45, 2.75) is 48.9 Å². The first-order valence-electron chi connectivity index (χ1n) is 8.31. The van der Waals surface area contributed by atoms with Crippen LogP contribution in [0.25, 0.3) is 0 Å². The minimum absolute atomic E-state index is 0.0969. The van der Waals surface area contributed by atoms with Crippen molar-refractivity contribution >= 4 is 20.8 Å². The number of nitrogens with zero attached hydrogens (tertiary/aromatic N) is 1. The van der Waals surface area contributed by atoms with E-state index >= 15 is 0 Å². The van der Waals surface area contributed by atoms with Gasteiger partial charge in [0.25, 0.3) is 0 Å². The molecule has 1 aliphatic heterocycles. The van der Waals surface area contributed by atoms with Crippen LogP contribution in [0.15, 0.2) is 58.3 Å². The molecule has 1 saturated heterocycles. The Balaban J connectivity index is 1.93. The van der Waals surface area contributed by atoms with Gasteiger partial charge in [-0.25, -0.2) is 8.42 Å². The van der Waals surface area contributed by atoms with Gasteiger partial charge in [0, 0.05) is 4.90 Å². The predicted molar refractivity (Wildman–Crippen MR) is 100 cm³/mol. The van der Waals surface area contributed by atoms with E-state index in [0.717, 1.165) is 11.1 Å². The summed E-state index contributed by atoms with van der Waals surface area (Å²) in [4.78, 5) is 0.926. The first-order chi connectivity index (χ1) is 11.7. The molecule has 0 bridgehead atoms. The topological polar surface area (TPSA) is 54.2 Å². The number of hydrogen-bond acceptors (Lipinski definition) is 3. The van der Waals surface area contributed by atoms with Gasteiger partial charge in [0.1, 0.15) is 5.37 Å². The van der Waals surface area contributed by atoms with E-state index in [1.54, 1.807) is 24.3 Å². The van der Waals surface area contributed by atoms with E-state index in [9.17, 15) is 12.6 Å². The largest absolute Gasteiger partial charge is 0.253 e. The molecule has 0 aliphatic carbocycles. The molecule has 1 fully saturated rings. The number of aryl methyl sites for hydroxylation is 2. The molecule has 1 heterocycles. The summed E-state index contributed by atoms with van der Waals surface area (Å²) < 4.78 is 40.4. The smallest absolute Gasteiger partial charge is 0.244 e. The molecule has 0 N–H and O–H groups in total. The van der Waals surface area contributed by atoms with Crippen molar-refractivity contribution in [1.29, 1.82) is 0 Å². The van der Waals surface area contributed by atoms with E-state index in [2.05, 4.69) is 0 Å². The van der Waals surface area contributed by atoms with Crippen molar-refractivity contribution < 1.29 is 12.6 Å². The SMILES string of the molecule is Cc1ccc(S(=O)[C@@H]2[C@H](C(C)C)N2S(=O)(=O)c2ccc(C)cc2)cc1. The molecule has 2 aromatic carbocycles. The fourth-order valence-electron chi connectivity index (χ4n) is 2.99. The maximum absolute atomic E-state index is 13.0. The van der Waals surface area contributed by atoms with Crippen molar-refractivity contribution in [1.82, 2.24) is 4.31 Å². The van der Waals surface area contributed by atoms with E-state index < -0.39 is 26.2 Å². The van der Waals surface area contributed by atoms with Crippen LogP contribution in [0.1, 0.15) is 25.0 Å². The highest BCUT2D eigenvalue weighted by molar-refractivity contribution is 7.92. The zero-order valence-corrected chi connectivity index (χ0v) is 16.5. The van der Waals surface area contributed by atoms with Crippen molar-refractivity contribution in [3.05, 3.63) is 59.7 Å². The summed E-state index contributed by atoms with van der Waals surface area (Å²) in [5.74, 6) is 0.0969. The van der Waals surface area contributed by atoms with Crippen LogP contribution in [0.5, 0.6) is 0 Å². The van der Waals surface area contributed by atoms with Gasteiger partial charge >= 0.3 is 0 Å². The molecule has 0 radical (unpaired) electrons. The molecule has 25 heavy (non-hydrogen) atoms. The van der Waals surface area contributed by atoms with Gasteiger partial charge in [0.15, 0.2) is 0 Å². The summed E-state index contributed by atoms with van der Waals surface area (Å²) in [5.41, 5.74) is 2.09. The molecular formula is C19H23NO3S2. The highest BCUT2D eigenvalue weighted by Gasteiger charge is 2.60. The third-order valence-corrected chi connectivity index (χ3v) is 8.21. The minimum Gasteiger partial charge on any atom is -0.253 e. The van der Waals surface area contributed by atoms with E-state index in [4.69, 9.17) is 0 Å². The Morgan fingerprint density at radius 1 is 0.920 bits per heavy atom. The highest BCUT2D eigenvalue weighted by Crippen LogP contribution is 2.43. The average molecular weight is 378 g/mol. The van der Waals surface area contributed by atoms with Crippen molar-refractivity contribution in [2.24, 2.45) is 5.92 Å². The van der Waals surface area contributed by atoms with Crippen LogP contribution in [-0.4, -0.2) is 28.3 Å². The second-order valence-corrected chi connectivity index (χ2v) is 10.3. The molecule has 0 aromatic heterocycles. The molecule has 4 nitrogen and oxygen atoms in total. The number of hydrogen-bond donors (Lipinski definition) is 0. The van der Waals surface area contributed by atoms with Crippen LogP contribution >= 0.6 is 0 Å². The van der Waals surface area contributed by atoms with Crippen LogP contribution < -0.4 is 0 Å². The molecule has 0 saturated carbocycles. The quantitative estimate of drug-likeness (QED) is 0.750. The summed E-state index contributed by atoms with van der Waals surface area (Å²) in [7, 11) is -5.04. The lowest BCUT2D eigenvalue weighted by Crippen LogP contribution is -2.18. The molecular weight excluding hydrogens is 354 g/mol. The second kappa shape index (κ2) is 6.67. The van der Waals surface area contributed by atoms with Gasteiger partial charge in [0.2, 0.25) is 10.0 Å². The van der Waals surface area contributed by atoms with E-state index in [-0.39, 0.29) is 16.9 Å². The Kier molecular flexibility index (Phi) is 4.88. The lowest BCUT2D eigenvalue weighted by atomic mass is 10.1. The second-order valence-electron chi connectivity index (χ2n) is 6.88. The van der Waals surface area contributed by atoms with Gasteiger partial charge in [0.05, 0.1) is 21.7 Å². The molecule has 0 spiro atoms. The summed E-state index contributed by atoms with van der Waals surface area (Å²) in [5, 5.41) is -0.506. The number of benzene rings is 2. The summed E-state index contributed by atoms with van der Waals surface area (Å²) in [6.07, 6.45) is 0. The Labute approximate surface area is 152 Å². The molecule has 0 amide bonds. The van der Waals surface area contributed by atoms with Crippen molar-refractivity contribution in [3.63, 3.8) is 0 Å². The zero-order valence-electron chi connectivity index (χ0n) is 14.8. The van der Waals surface area contributed by atoms with Crippen molar-refractivity contribution in [3.8, 4) is 0 Å². The molecule has 1 aliphatic rings. The highest BCUT2D eigenvalue weighted by atomic mass is 32.2. The minimum atomic E-state index is -3.65. The monoisotopic (exact) mass is 377 g/mol. The Morgan fingerprint density at radius 2 is 1.40 bits per heavy atom. The Hall–Kier alpha value is -1.50. The van der Waals surface area contributed by atoms with Gasteiger partial charge in [-0.3, -0.25) is 4.21 Å². The third-order valence-electron chi connectivity index (χ3n) is 4.50. The normalized spacial score (nSPS) is 24.3. The standard InChI is InChI=1S/C19H23NO3S2/c1-13(2)18-19(24(21)16-9-5-14(3)6-10-16)20(18)25(22,23)17-11-7-15(4)8-12-17/h5-13,18-19H,1-4H3/t18-,19+,20?,24?/m0/s1. The van der Waals surface area contributed by atoms with E-state index in [1.165, 1.54) is 4.31 Å². The maximum atomic E-state index is 13.0. The van der Waals surface area contributed by atoms with Crippen molar-refractivity contribution in [2.75, 3.05) is 0 Å². The summed E-state index contributed by atoms with van der Waals surface area (Å²) in [6.45, 7) is 7.82.